The lowest BCUT2D eigenvalue weighted by molar-refractivity contribution is -0.141. The maximum atomic E-state index is 10.8. The van der Waals surface area contributed by atoms with Crippen molar-refractivity contribution in [3.63, 3.8) is 0 Å². The molecule has 0 radical (unpaired) electrons. The third kappa shape index (κ3) is 3.14. The maximum absolute atomic E-state index is 10.8. The van der Waals surface area contributed by atoms with Crippen LogP contribution in [0.25, 0.3) is 0 Å². The summed E-state index contributed by atoms with van der Waals surface area (Å²) in [4.78, 5) is 10.8. The molecule has 3 heteroatoms. The smallest absolute Gasteiger partial charge is 0.306 e. The van der Waals surface area contributed by atoms with E-state index in [1.165, 1.54) is 0 Å². The molecule has 1 atom stereocenters. The van der Waals surface area contributed by atoms with Crippen molar-refractivity contribution in [2.75, 3.05) is 0 Å². The summed E-state index contributed by atoms with van der Waals surface area (Å²) in [6.45, 7) is 1.90. The Hall–Kier alpha value is -0.830. The number of hydrogen-bond donors (Lipinski definition) is 1. The fraction of sp³-hybridized carbons (Fsp3) is 0.364. The summed E-state index contributed by atoms with van der Waals surface area (Å²) in [7, 11) is 0. The van der Waals surface area contributed by atoms with E-state index in [1.807, 2.05) is 31.2 Å². The fourth-order valence-corrected chi connectivity index (χ4v) is 1.80. The molecule has 0 aromatic heterocycles. The van der Waals surface area contributed by atoms with Gasteiger partial charge in [0.25, 0.3) is 0 Å². The monoisotopic (exact) mass is 256 g/mol. The predicted octanol–water partition coefficient (Wildman–Crippen LogP) is 3.10. The first-order valence-corrected chi connectivity index (χ1v) is 5.40. The first-order valence-electron chi connectivity index (χ1n) is 4.60. The first kappa shape index (κ1) is 11.2. The summed E-state index contributed by atoms with van der Waals surface area (Å²) in [6, 6.07) is 7.78. The van der Waals surface area contributed by atoms with E-state index in [4.69, 9.17) is 5.11 Å². The zero-order chi connectivity index (χ0) is 10.6. The van der Waals surface area contributed by atoms with Crippen LogP contribution in [0.4, 0.5) is 0 Å². The van der Waals surface area contributed by atoms with Crippen LogP contribution in [0.2, 0.25) is 0 Å². The van der Waals surface area contributed by atoms with Gasteiger partial charge in [0.2, 0.25) is 0 Å². The number of aliphatic carboxylic acids is 1. The number of carboxylic acid groups (broad SMARTS) is 1. The SMILES string of the molecule is CC[C@H](Cc1cccc(Br)c1)C(=O)O. The van der Waals surface area contributed by atoms with Gasteiger partial charge in [0.05, 0.1) is 5.92 Å². The molecule has 0 aliphatic carbocycles. The summed E-state index contributed by atoms with van der Waals surface area (Å²) < 4.78 is 0.996. The van der Waals surface area contributed by atoms with E-state index in [1.54, 1.807) is 0 Å². The highest BCUT2D eigenvalue weighted by molar-refractivity contribution is 9.10. The normalized spacial score (nSPS) is 12.4. The Labute approximate surface area is 92.1 Å². The molecule has 0 heterocycles. The molecule has 76 valence electrons. The van der Waals surface area contributed by atoms with E-state index in [9.17, 15) is 4.79 Å². The third-order valence-corrected chi connectivity index (χ3v) is 2.71. The molecule has 0 fully saturated rings. The van der Waals surface area contributed by atoms with Crippen molar-refractivity contribution >= 4 is 21.9 Å². The second kappa shape index (κ2) is 5.15. The lowest BCUT2D eigenvalue weighted by Gasteiger charge is -2.09. The molecule has 0 amide bonds. The molecular formula is C11H13BrO2. The van der Waals surface area contributed by atoms with E-state index in [2.05, 4.69) is 15.9 Å². The zero-order valence-corrected chi connectivity index (χ0v) is 9.62. The van der Waals surface area contributed by atoms with Gasteiger partial charge < -0.3 is 5.11 Å². The van der Waals surface area contributed by atoms with Crippen LogP contribution in [0.3, 0.4) is 0 Å². The average molecular weight is 257 g/mol. The highest BCUT2D eigenvalue weighted by Gasteiger charge is 2.15. The molecule has 0 bridgehead atoms. The van der Waals surface area contributed by atoms with Crippen LogP contribution in [-0.4, -0.2) is 11.1 Å². The van der Waals surface area contributed by atoms with Crippen LogP contribution in [0, 0.1) is 5.92 Å². The van der Waals surface area contributed by atoms with Gasteiger partial charge in [-0.2, -0.15) is 0 Å². The van der Waals surface area contributed by atoms with Gasteiger partial charge in [0, 0.05) is 4.47 Å². The van der Waals surface area contributed by atoms with Crippen molar-refractivity contribution in [3.8, 4) is 0 Å². The molecule has 14 heavy (non-hydrogen) atoms. The Morgan fingerprint density at radius 1 is 1.57 bits per heavy atom. The van der Waals surface area contributed by atoms with Gasteiger partial charge in [0.1, 0.15) is 0 Å². The van der Waals surface area contributed by atoms with E-state index >= 15 is 0 Å². The Kier molecular flexibility index (Phi) is 4.14. The fourth-order valence-electron chi connectivity index (χ4n) is 1.35. The van der Waals surface area contributed by atoms with Crippen LogP contribution < -0.4 is 0 Å². The first-order chi connectivity index (χ1) is 6.63. The summed E-state index contributed by atoms with van der Waals surface area (Å²) in [5, 5.41) is 8.89. The highest BCUT2D eigenvalue weighted by Crippen LogP contribution is 2.16. The summed E-state index contributed by atoms with van der Waals surface area (Å²) >= 11 is 3.36. The lowest BCUT2D eigenvalue weighted by Crippen LogP contribution is -2.15. The predicted molar refractivity (Wildman–Crippen MR) is 59.3 cm³/mol. The topological polar surface area (TPSA) is 37.3 Å². The maximum Gasteiger partial charge on any atom is 0.306 e. The van der Waals surface area contributed by atoms with E-state index < -0.39 is 5.97 Å². The van der Waals surface area contributed by atoms with Crippen LogP contribution in [0.5, 0.6) is 0 Å². The molecule has 0 spiro atoms. The minimum absolute atomic E-state index is 0.274. The molecule has 1 rings (SSSR count). The van der Waals surface area contributed by atoms with Crippen molar-refractivity contribution in [1.29, 1.82) is 0 Å². The molecule has 0 aliphatic heterocycles. The number of carboxylic acids is 1. The van der Waals surface area contributed by atoms with E-state index in [0.717, 1.165) is 10.0 Å². The number of rotatable bonds is 4. The molecule has 2 nitrogen and oxygen atoms in total. The second-order valence-electron chi connectivity index (χ2n) is 3.28. The van der Waals surface area contributed by atoms with E-state index in [0.29, 0.717) is 12.8 Å². The number of hydrogen-bond acceptors (Lipinski definition) is 1. The van der Waals surface area contributed by atoms with Crippen LogP contribution in [-0.2, 0) is 11.2 Å². The van der Waals surface area contributed by atoms with Gasteiger partial charge in [-0.3, -0.25) is 4.79 Å². The second-order valence-corrected chi connectivity index (χ2v) is 4.19. The van der Waals surface area contributed by atoms with Crippen LogP contribution in [0.15, 0.2) is 28.7 Å². The van der Waals surface area contributed by atoms with Crippen LogP contribution >= 0.6 is 15.9 Å². The summed E-state index contributed by atoms with van der Waals surface area (Å²) in [6.07, 6.45) is 1.27. The van der Waals surface area contributed by atoms with Crippen molar-refractivity contribution in [1.82, 2.24) is 0 Å². The van der Waals surface area contributed by atoms with Gasteiger partial charge >= 0.3 is 5.97 Å². The molecular weight excluding hydrogens is 244 g/mol. The largest absolute Gasteiger partial charge is 0.481 e. The molecule has 0 unspecified atom stereocenters. The Bertz CT molecular complexity index is 323. The van der Waals surface area contributed by atoms with Crippen molar-refractivity contribution in [3.05, 3.63) is 34.3 Å². The van der Waals surface area contributed by atoms with Crippen molar-refractivity contribution < 1.29 is 9.90 Å². The molecule has 0 saturated heterocycles. The Balaban J connectivity index is 2.72. The Morgan fingerprint density at radius 2 is 2.29 bits per heavy atom. The van der Waals surface area contributed by atoms with Gasteiger partial charge in [0.15, 0.2) is 0 Å². The summed E-state index contributed by atoms with van der Waals surface area (Å²) in [5.74, 6) is -0.989. The Morgan fingerprint density at radius 3 is 2.79 bits per heavy atom. The third-order valence-electron chi connectivity index (χ3n) is 2.21. The molecule has 1 N–H and O–H groups in total. The van der Waals surface area contributed by atoms with E-state index in [-0.39, 0.29) is 5.92 Å². The zero-order valence-electron chi connectivity index (χ0n) is 8.03. The van der Waals surface area contributed by atoms with Gasteiger partial charge in [-0.1, -0.05) is 35.0 Å². The van der Waals surface area contributed by atoms with Gasteiger partial charge in [-0.15, -0.1) is 0 Å². The average Bonchev–Trinajstić information content (AvgIpc) is 2.14. The summed E-state index contributed by atoms with van der Waals surface area (Å²) in [5.41, 5.74) is 1.06. The number of carbonyl (C=O) groups is 1. The quantitative estimate of drug-likeness (QED) is 0.899. The molecule has 1 aromatic rings. The number of halogens is 1. The highest BCUT2D eigenvalue weighted by atomic mass is 79.9. The van der Waals surface area contributed by atoms with Gasteiger partial charge in [-0.05, 0) is 30.5 Å². The molecule has 1 aromatic carbocycles. The standard InChI is InChI=1S/C11H13BrO2/c1-2-9(11(13)14)6-8-4-3-5-10(12)7-8/h3-5,7,9H,2,6H2,1H3,(H,13,14)/t9-/m1/s1. The van der Waals surface area contributed by atoms with Crippen LogP contribution in [0.1, 0.15) is 18.9 Å². The lowest BCUT2D eigenvalue weighted by atomic mass is 9.97. The minimum atomic E-state index is -0.715. The number of benzene rings is 1. The molecule has 0 aliphatic rings. The minimum Gasteiger partial charge on any atom is -0.481 e. The molecule has 0 saturated carbocycles. The van der Waals surface area contributed by atoms with Gasteiger partial charge in [-0.25, -0.2) is 0 Å². The van der Waals surface area contributed by atoms with Crippen molar-refractivity contribution in [2.45, 2.75) is 19.8 Å². The van der Waals surface area contributed by atoms with Crippen molar-refractivity contribution in [2.24, 2.45) is 5.92 Å².